The molecule has 24 heavy (non-hydrogen) atoms. The minimum absolute atomic E-state index is 0.253. The molecular weight excluding hydrogens is 344 g/mol. The number of sulfonamides is 1. The summed E-state index contributed by atoms with van der Waals surface area (Å²) in [5, 5.41) is 0. The average molecular weight is 360 g/mol. The number of benzene rings is 1. The normalized spacial score (nSPS) is 15.2. The van der Waals surface area contributed by atoms with Crippen LogP contribution in [0.1, 0.15) is 31.1 Å². The number of oxazole rings is 1. The van der Waals surface area contributed by atoms with Gasteiger partial charge in [-0.2, -0.15) is 0 Å². The topological polar surface area (TPSA) is 72.2 Å². The van der Waals surface area contributed by atoms with Gasteiger partial charge >= 0.3 is 0 Å². The molecule has 2 heterocycles. The van der Waals surface area contributed by atoms with E-state index < -0.39 is 10.0 Å². The summed E-state index contributed by atoms with van der Waals surface area (Å²) in [6.45, 7) is 0. The van der Waals surface area contributed by atoms with Crippen LogP contribution in [0.25, 0.3) is 10.6 Å². The SMILES string of the molecule is O=S(=O)(Nc1ccccc1)c1ccc(-c2cnc(C3CCC3)o2)s1. The summed E-state index contributed by atoms with van der Waals surface area (Å²) in [5.41, 5.74) is 0.541. The monoisotopic (exact) mass is 360 g/mol. The average Bonchev–Trinajstić information content (AvgIpc) is 3.15. The molecule has 7 heteroatoms. The van der Waals surface area contributed by atoms with Gasteiger partial charge in [0.25, 0.3) is 10.0 Å². The van der Waals surface area contributed by atoms with E-state index in [1.807, 2.05) is 6.07 Å². The number of nitrogens with one attached hydrogen (secondary N) is 1. The van der Waals surface area contributed by atoms with Gasteiger partial charge in [0.2, 0.25) is 0 Å². The molecule has 1 saturated carbocycles. The molecule has 0 atom stereocenters. The van der Waals surface area contributed by atoms with Gasteiger partial charge in [0.15, 0.2) is 11.7 Å². The van der Waals surface area contributed by atoms with Gasteiger partial charge in [0, 0.05) is 11.6 Å². The lowest BCUT2D eigenvalue weighted by Gasteiger charge is -2.21. The highest BCUT2D eigenvalue weighted by Crippen LogP contribution is 2.38. The summed E-state index contributed by atoms with van der Waals surface area (Å²) in [6.07, 6.45) is 5.13. The molecule has 5 nitrogen and oxygen atoms in total. The van der Waals surface area contributed by atoms with E-state index in [9.17, 15) is 8.42 Å². The second-order valence-corrected chi connectivity index (χ2v) is 8.77. The molecule has 0 bridgehead atoms. The zero-order chi connectivity index (χ0) is 16.6. The van der Waals surface area contributed by atoms with E-state index in [0.717, 1.165) is 23.6 Å². The van der Waals surface area contributed by atoms with Crippen molar-refractivity contribution in [1.29, 1.82) is 0 Å². The fourth-order valence-corrected chi connectivity index (χ4v) is 4.87. The molecule has 2 aromatic heterocycles. The first-order chi connectivity index (χ1) is 11.6. The summed E-state index contributed by atoms with van der Waals surface area (Å²) < 4.78 is 33.6. The minimum atomic E-state index is -3.60. The molecule has 1 N–H and O–H groups in total. The number of rotatable bonds is 5. The first-order valence-electron chi connectivity index (χ1n) is 7.76. The van der Waals surface area contributed by atoms with E-state index in [2.05, 4.69) is 9.71 Å². The minimum Gasteiger partial charge on any atom is -0.440 e. The van der Waals surface area contributed by atoms with E-state index >= 15 is 0 Å². The van der Waals surface area contributed by atoms with Crippen LogP contribution in [0.3, 0.4) is 0 Å². The number of anilines is 1. The van der Waals surface area contributed by atoms with Crippen molar-refractivity contribution < 1.29 is 12.8 Å². The molecule has 0 saturated heterocycles. The van der Waals surface area contributed by atoms with Crippen molar-refractivity contribution >= 4 is 27.0 Å². The Morgan fingerprint density at radius 3 is 2.62 bits per heavy atom. The zero-order valence-electron chi connectivity index (χ0n) is 12.8. The maximum absolute atomic E-state index is 12.5. The fourth-order valence-electron chi connectivity index (χ4n) is 2.55. The number of hydrogen-bond acceptors (Lipinski definition) is 5. The highest BCUT2D eigenvalue weighted by molar-refractivity contribution is 7.94. The third-order valence-electron chi connectivity index (χ3n) is 4.09. The van der Waals surface area contributed by atoms with Crippen LogP contribution in [0.15, 0.2) is 57.3 Å². The number of nitrogens with zero attached hydrogens (tertiary/aromatic N) is 1. The van der Waals surface area contributed by atoms with E-state index in [1.165, 1.54) is 17.8 Å². The molecule has 1 aliphatic carbocycles. The van der Waals surface area contributed by atoms with Gasteiger partial charge in [-0.15, -0.1) is 11.3 Å². The summed E-state index contributed by atoms with van der Waals surface area (Å²) in [4.78, 5) is 5.09. The Kier molecular flexibility index (Phi) is 3.90. The van der Waals surface area contributed by atoms with Gasteiger partial charge in [-0.25, -0.2) is 13.4 Å². The molecule has 1 fully saturated rings. The third kappa shape index (κ3) is 2.97. The van der Waals surface area contributed by atoms with Crippen LogP contribution in [0, 0.1) is 0 Å². The first kappa shape index (κ1) is 15.4. The Hall–Kier alpha value is -2.12. The molecule has 0 unspecified atom stereocenters. The Morgan fingerprint density at radius 1 is 1.12 bits per heavy atom. The molecule has 3 aromatic rings. The van der Waals surface area contributed by atoms with Crippen molar-refractivity contribution in [3.63, 3.8) is 0 Å². The Labute approximate surface area is 144 Å². The van der Waals surface area contributed by atoms with Crippen molar-refractivity contribution in [3.05, 3.63) is 54.6 Å². The third-order valence-corrected chi connectivity index (χ3v) is 7.07. The Balaban J connectivity index is 1.56. The van der Waals surface area contributed by atoms with Crippen molar-refractivity contribution in [3.8, 4) is 10.6 Å². The molecular formula is C17H16N2O3S2. The number of para-hydroxylation sites is 1. The lowest BCUT2D eigenvalue weighted by atomic mass is 9.85. The Bertz CT molecular complexity index is 941. The van der Waals surface area contributed by atoms with Gasteiger partial charge in [-0.1, -0.05) is 24.6 Å². The quantitative estimate of drug-likeness (QED) is 0.728. The highest BCUT2D eigenvalue weighted by Gasteiger charge is 2.25. The van der Waals surface area contributed by atoms with Gasteiger partial charge in [0.1, 0.15) is 4.21 Å². The van der Waals surface area contributed by atoms with Crippen LogP contribution >= 0.6 is 11.3 Å². The van der Waals surface area contributed by atoms with Crippen molar-refractivity contribution in [2.75, 3.05) is 4.72 Å². The molecule has 0 aliphatic heterocycles. The Morgan fingerprint density at radius 2 is 1.92 bits per heavy atom. The van der Waals surface area contributed by atoms with Crippen LogP contribution in [-0.2, 0) is 10.0 Å². The zero-order valence-corrected chi connectivity index (χ0v) is 14.4. The summed E-state index contributed by atoms with van der Waals surface area (Å²) in [7, 11) is -3.60. The van der Waals surface area contributed by atoms with Gasteiger partial charge < -0.3 is 4.42 Å². The molecule has 0 radical (unpaired) electrons. The number of aromatic nitrogens is 1. The van der Waals surface area contributed by atoms with E-state index in [-0.39, 0.29) is 4.21 Å². The maximum Gasteiger partial charge on any atom is 0.271 e. The predicted octanol–water partition coefficient (Wildman–Crippen LogP) is 4.47. The van der Waals surface area contributed by atoms with Gasteiger partial charge in [-0.3, -0.25) is 4.72 Å². The smallest absolute Gasteiger partial charge is 0.271 e. The van der Waals surface area contributed by atoms with Gasteiger partial charge in [0.05, 0.1) is 11.1 Å². The summed E-state index contributed by atoms with van der Waals surface area (Å²) in [5.74, 6) is 1.81. The van der Waals surface area contributed by atoms with Crippen molar-refractivity contribution in [2.24, 2.45) is 0 Å². The molecule has 1 aromatic carbocycles. The standard InChI is InChI=1S/C17H16N2O3S2/c20-24(21,19-13-7-2-1-3-8-13)16-10-9-15(23-16)14-11-18-17(22-14)12-5-4-6-12/h1-3,7-12,19H,4-6H2. The van der Waals surface area contributed by atoms with Crippen molar-refractivity contribution in [1.82, 2.24) is 4.98 Å². The highest BCUT2D eigenvalue weighted by atomic mass is 32.2. The molecule has 124 valence electrons. The largest absolute Gasteiger partial charge is 0.440 e. The van der Waals surface area contributed by atoms with Crippen LogP contribution in [-0.4, -0.2) is 13.4 Å². The lowest BCUT2D eigenvalue weighted by molar-refractivity contribution is 0.338. The maximum atomic E-state index is 12.5. The van der Waals surface area contributed by atoms with Crippen LogP contribution in [0.4, 0.5) is 5.69 Å². The van der Waals surface area contributed by atoms with E-state index in [0.29, 0.717) is 17.4 Å². The van der Waals surface area contributed by atoms with E-state index in [4.69, 9.17) is 4.42 Å². The molecule has 1 aliphatic rings. The second-order valence-electron chi connectivity index (χ2n) is 5.78. The molecule has 0 spiro atoms. The number of hydrogen-bond donors (Lipinski definition) is 1. The number of thiophene rings is 1. The predicted molar refractivity (Wildman–Crippen MR) is 93.7 cm³/mol. The first-order valence-corrected chi connectivity index (χ1v) is 10.1. The van der Waals surface area contributed by atoms with Crippen LogP contribution in [0.5, 0.6) is 0 Å². The molecule has 4 rings (SSSR count). The molecule has 0 amide bonds. The van der Waals surface area contributed by atoms with Crippen LogP contribution in [0.2, 0.25) is 0 Å². The van der Waals surface area contributed by atoms with Crippen LogP contribution < -0.4 is 4.72 Å². The van der Waals surface area contributed by atoms with Crippen molar-refractivity contribution in [2.45, 2.75) is 29.4 Å². The summed E-state index contributed by atoms with van der Waals surface area (Å²) in [6, 6.07) is 12.2. The second kappa shape index (κ2) is 6.07. The lowest BCUT2D eigenvalue weighted by Crippen LogP contribution is -2.11. The fraction of sp³-hybridized carbons (Fsp3) is 0.235. The van der Waals surface area contributed by atoms with E-state index in [1.54, 1.807) is 42.6 Å². The summed E-state index contributed by atoms with van der Waals surface area (Å²) >= 11 is 1.18. The van der Waals surface area contributed by atoms with Gasteiger partial charge in [-0.05, 0) is 37.1 Å².